The Kier molecular flexibility index (Phi) is 8.76. The SMILES string of the molecule is CCOC(=O)CC1OC(c2ccccc2OC)c2cc(Cl)ccc2N(Cc2ccc(OC)cc2OC)C1=O. The molecule has 2 unspecified atom stereocenters. The molecular formula is C29H30ClNO7. The van der Waals surface area contributed by atoms with Crippen molar-refractivity contribution in [2.75, 3.05) is 32.8 Å². The molecule has 0 saturated heterocycles. The van der Waals surface area contributed by atoms with E-state index in [2.05, 4.69) is 0 Å². The Morgan fingerprint density at radius 2 is 1.71 bits per heavy atom. The van der Waals surface area contributed by atoms with E-state index in [4.69, 9.17) is 35.3 Å². The van der Waals surface area contributed by atoms with E-state index in [-0.39, 0.29) is 19.6 Å². The highest BCUT2D eigenvalue weighted by Crippen LogP contribution is 2.43. The van der Waals surface area contributed by atoms with E-state index in [9.17, 15) is 9.59 Å². The number of amides is 1. The van der Waals surface area contributed by atoms with Gasteiger partial charge in [0.25, 0.3) is 5.91 Å². The summed E-state index contributed by atoms with van der Waals surface area (Å²) in [5, 5.41) is 0.477. The zero-order valence-electron chi connectivity index (χ0n) is 21.7. The van der Waals surface area contributed by atoms with Crippen LogP contribution in [0.2, 0.25) is 5.02 Å². The van der Waals surface area contributed by atoms with Crippen LogP contribution in [0.1, 0.15) is 36.1 Å². The van der Waals surface area contributed by atoms with Gasteiger partial charge in [-0.1, -0.05) is 29.8 Å². The smallest absolute Gasteiger partial charge is 0.308 e. The maximum atomic E-state index is 14.1. The Morgan fingerprint density at radius 1 is 0.947 bits per heavy atom. The molecule has 3 aromatic rings. The molecule has 200 valence electrons. The van der Waals surface area contributed by atoms with Gasteiger partial charge in [0.15, 0.2) is 0 Å². The van der Waals surface area contributed by atoms with Crippen LogP contribution in [0.4, 0.5) is 5.69 Å². The third kappa shape index (κ3) is 5.71. The number of fused-ring (bicyclic) bond motifs is 1. The number of carbonyl (C=O) groups is 2. The molecule has 0 N–H and O–H groups in total. The fraction of sp³-hybridized carbons (Fsp3) is 0.310. The van der Waals surface area contributed by atoms with Crippen LogP contribution in [0.15, 0.2) is 60.7 Å². The van der Waals surface area contributed by atoms with Crippen LogP contribution in [-0.4, -0.2) is 45.9 Å². The quantitative estimate of drug-likeness (QED) is 0.339. The lowest BCUT2D eigenvalue weighted by atomic mass is 9.98. The van der Waals surface area contributed by atoms with Gasteiger partial charge in [-0.15, -0.1) is 0 Å². The summed E-state index contributed by atoms with van der Waals surface area (Å²) in [6.45, 7) is 2.06. The number of ether oxygens (including phenoxy) is 5. The molecule has 0 saturated carbocycles. The number of methoxy groups -OCH3 is 3. The average Bonchev–Trinajstić information content (AvgIpc) is 3.03. The van der Waals surface area contributed by atoms with Gasteiger partial charge in [0.05, 0.1) is 46.6 Å². The molecule has 38 heavy (non-hydrogen) atoms. The summed E-state index contributed by atoms with van der Waals surface area (Å²) < 4.78 is 28.1. The van der Waals surface area contributed by atoms with Gasteiger partial charge in [-0.05, 0) is 43.3 Å². The number of hydrogen-bond acceptors (Lipinski definition) is 7. The summed E-state index contributed by atoms with van der Waals surface area (Å²) >= 11 is 6.45. The molecular weight excluding hydrogens is 510 g/mol. The van der Waals surface area contributed by atoms with Crippen molar-refractivity contribution < 1.29 is 33.3 Å². The fourth-order valence-electron chi connectivity index (χ4n) is 4.52. The molecule has 0 spiro atoms. The molecule has 0 fully saturated rings. The van der Waals surface area contributed by atoms with Gasteiger partial charge < -0.3 is 28.6 Å². The molecule has 9 heteroatoms. The van der Waals surface area contributed by atoms with Crippen molar-refractivity contribution in [2.45, 2.75) is 32.1 Å². The fourth-order valence-corrected chi connectivity index (χ4v) is 4.70. The maximum absolute atomic E-state index is 14.1. The van der Waals surface area contributed by atoms with Crippen LogP contribution in [0.25, 0.3) is 0 Å². The van der Waals surface area contributed by atoms with Gasteiger partial charge in [0.2, 0.25) is 0 Å². The second kappa shape index (κ2) is 12.2. The van der Waals surface area contributed by atoms with Crippen LogP contribution >= 0.6 is 11.6 Å². The third-order valence-electron chi connectivity index (χ3n) is 6.31. The zero-order chi connectivity index (χ0) is 27.2. The first-order chi connectivity index (χ1) is 18.4. The number of hydrogen-bond donors (Lipinski definition) is 0. The molecule has 1 aliphatic rings. The molecule has 1 amide bonds. The molecule has 1 aliphatic heterocycles. The first-order valence-corrected chi connectivity index (χ1v) is 12.5. The van der Waals surface area contributed by atoms with Gasteiger partial charge in [-0.25, -0.2) is 0 Å². The summed E-state index contributed by atoms with van der Waals surface area (Å²) in [7, 11) is 4.70. The summed E-state index contributed by atoms with van der Waals surface area (Å²) in [5.74, 6) is 0.837. The minimum atomic E-state index is -1.13. The normalized spacial score (nSPS) is 16.9. The molecule has 8 nitrogen and oxygen atoms in total. The van der Waals surface area contributed by atoms with Crippen LogP contribution in [-0.2, 0) is 25.6 Å². The minimum Gasteiger partial charge on any atom is -0.497 e. The molecule has 2 atom stereocenters. The van der Waals surface area contributed by atoms with E-state index in [0.717, 1.165) is 5.56 Å². The predicted molar refractivity (Wildman–Crippen MR) is 143 cm³/mol. The number of carbonyl (C=O) groups excluding carboxylic acids is 2. The Morgan fingerprint density at radius 3 is 2.42 bits per heavy atom. The van der Waals surface area contributed by atoms with Gasteiger partial charge in [-0.3, -0.25) is 9.59 Å². The number of para-hydroxylation sites is 1. The van der Waals surface area contributed by atoms with E-state index < -0.39 is 24.1 Å². The summed E-state index contributed by atoms with van der Waals surface area (Å²) in [5.41, 5.74) is 2.70. The lowest BCUT2D eigenvalue weighted by Crippen LogP contribution is -2.40. The standard InChI is InChI=1S/C29H30ClNO7/c1-5-37-27(32)16-26-29(33)31(17-18-10-12-20(34-2)15-25(18)36-4)23-13-11-19(30)14-22(23)28(38-26)21-8-6-7-9-24(21)35-3/h6-15,26,28H,5,16-17H2,1-4H3. The van der Waals surface area contributed by atoms with Crippen molar-refractivity contribution in [2.24, 2.45) is 0 Å². The number of anilines is 1. The lowest BCUT2D eigenvalue weighted by Gasteiger charge is -2.26. The Balaban J connectivity index is 1.87. The minimum absolute atomic E-state index is 0.155. The van der Waals surface area contributed by atoms with Crippen molar-refractivity contribution in [3.05, 3.63) is 82.4 Å². The second-order valence-electron chi connectivity index (χ2n) is 8.56. The lowest BCUT2D eigenvalue weighted by molar-refractivity contribution is -0.151. The van der Waals surface area contributed by atoms with Crippen molar-refractivity contribution in [1.29, 1.82) is 0 Å². The first kappa shape index (κ1) is 27.3. The molecule has 4 rings (SSSR count). The molecule has 1 heterocycles. The number of nitrogens with zero attached hydrogens (tertiary/aromatic N) is 1. The number of esters is 1. The summed E-state index contributed by atoms with van der Waals surface area (Å²) in [4.78, 5) is 28.2. The molecule has 0 aliphatic carbocycles. The van der Waals surface area contributed by atoms with Gasteiger partial charge in [-0.2, -0.15) is 0 Å². The molecule has 0 bridgehead atoms. The highest BCUT2D eigenvalue weighted by Gasteiger charge is 2.39. The second-order valence-corrected chi connectivity index (χ2v) is 9.00. The molecule has 0 radical (unpaired) electrons. The number of halogens is 1. The molecule has 3 aromatic carbocycles. The van der Waals surface area contributed by atoms with Crippen molar-refractivity contribution in [1.82, 2.24) is 0 Å². The monoisotopic (exact) mass is 539 g/mol. The van der Waals surface area contributed by atoms with Crippen molar-refractivity contribution >= 4 is 29.2 Å². The van der Waals surface area contributed by atoms with Crippen molar-refractivity contribution in [3.8, 4) is 17.2 Å². The van der Waals surface area contributed by atoms with E-state index in [1.807, 2.05) is 30.3 Å². The predicted octanol–water partition coefficient (Wildman–Crippen LogP) is 5.34. The number of rotatable bonds is 9. The van der Waals surface area contributed by atoms with Gasteiger partial charge in [0.1, 0.15) is 29.5 Å². The Labute approximate surface area is 227 Å². The van der Waals surface area contributed by atoms with Gasteiger partial charge in [0, 0.05) is 27.8 Å². The van der Waals surface area contributed by atoms with E-state index >= 15 is 0 Å². The average molecular weight is 540 g/mol. The van der Waals surface area contributed by atoms with E-state index in [1.165, 1.54) is 0 Å². The van der Waals surface area contributed by atoms with Crippen LogP contribution in [0, 0.1) is 0 Å². The van der Waals surface area contributed by atoms with Crippen molar-refractivity contribution in [3.63, 3.8) is 0 Å². The largest absolute Gasteiger partial charge is 0.497 e. The topological polar surface area (TPSA) is 83.5 Å². The molecule has 0 aromatic heterocycles. The zero-order valence-corrected chi connectivity index (χ0v) is 22.5. The summed E-state index contributed by atoms with van der Waals surface area (Å²) in [6.07, 6.45) is -2.12. The van der Waals surface area contributed by atoms with E-state index in [0.29, 0.717) is 39.1 Å². The highest BCUT2D eigenvalue weighted by molar-refractivity contribution is 6.30. The highest BCUT2D eigenvalue weighted by atomic mass is 35.5. The summed E-state index contributed by atoms with van der Waals surface area (Å²) in [6, 6.07) is 18.0. The van der Waals surface area contributed by atoms with Crippen LogP contribution in [0.3, 0.4) is 0 Å². The Bertz CT molecular complexity index is 1310. The first-order valence-electron chi connectivity index (χ1n) is 12.2. The number of benzene rings is 3. The maximum Gasteiger partial charge on any atom is 0.308 e. The van der Waals surface area contributed by atoms with Crippen LogP contribution < -0.4 is 19.1 Å². The van der Waals surface area contributed by atoms with Gasteiger partial charge >= 0.3 is 5.97 Å². The Hall–Kier alpha value is -3.75. The van der Waals surface area contributed by atoms with Crippen LogP contribution in [0.5, 0.6) is 17.2 Å². The third-order valence-corrected chi connectivity index (χ3v) is 6.54. The van der Waals surface area contributed by atoms with E-state index in [1.54, 1.807) is 63.5 Å².